The van der Waals surface area contributed by atoms with Crippen molar-refractivity contribution >= 4 is 17.5 Å². The van der Waals surface area contributed by atoms with Gasteiger partial charge in [-0.2, -0.15) is 5.10 Å². The van der Waals surface area contributed by atoms with E-state index in [1.54, 1.807) is 12.4 Å². The molecule has 0 fully saturated rings. The van der Waals surface area contributed by atoms with E-state index in [0.29, 0.717) is 5.56 Å². The maximum atomic E-state index is 12.1. The van der Waals surface area contributed by atoms with Crippen molar-refractivity contribution in [3.63, 3.8) is 0 Å². The minimum absolute atomic E-state index is 0.0390. The average molecular weight is 244 g/mol. The molecule has 2 heterocycles. The van der Waals surface area contributed by atoms with Gasteiger partial charge < -0.3 is 0 Å². The standard InChI is InChI=1S/C13H12N2OS/c16-13(11-7-14-15-8-11)10-3-4-12-9(6-10)2-1-5-17-12/h3-4,6-8H,1-2,5H2,(H,14,15). The van der Waals surface area contributed by atoms with Crippen LogP contribution in [0.15, 0.2) is 35.5 Å². The molecule has 17 heavy (non-hydrogen) atoms. The van der Waals surface area contributed by atoms with Gasteiger partial charge >= 0.3 is 0 Å². The number of rotatable bonds is 2. The summed E-state index contributed by atoms with van der Waals surface area (Å²) >= 11 is 1.88. The van der Waals surface area contributed by atoms with Gasteiger partial charge in [-0.25, -0.2) is 0 Å². The summed E-state index contributed by atoms with van der Waals surface area (Å²) in [6.45, 7) is 0. The zero-order valence-corrected chi connectivity index (χ0v) is 10.1. The van der Waals surface area contributed by atoms with Gasteiger partial charge in [0.1, 0.15) is 0 Å². The predicted octanol–water partition coefficient (Wildman–Crippen LogP) is 2.68. The Morgan fingerprint density at radius 3 is 3.12 bits per heavy atom. The first-order valence-corrected chi connectivity index (χ1v) is 6.62. The molecule has 0 amide bonds. The molecule has 0 radical (unpaired) electrons. The number of aromatic nitrogens is 2. The van der Waals surface area contributed by atoms with Crippen LogP contribution in [0.1, 0.15) is 27.9 Å². The second kappa shape index (κ2) is 4.37. The van der Waals surface area contributed by atoms with Crippen molar-refractivity contribution in [2.75, 3.05) is 5.75 Å². The first-order valence-electron chi connectivity index (χ1n) is 5.64. The molecule has 0 spiro atoms. The minimum Gasteiger partial charge on any atom is -0.288 e. The molecule has 3 rings (SSSR count). The van der Waals surface area contributed by atoms with E-state index in [4.69, 9.17) is 0 Å². The third-order valence-corrected chi connectivity index (χ3v) is 4.13. The first-order chi connectivity index (χ1) is 8.34. The molecule has 0 saturated heterocycles. The molecule has 0 unspecified atom stereocenters. The average Bonchev–Trinajstić information content (AvgIpc) is 2.91. The van der Waals surface area contributed by atoms with Crippen molar-refractivity contribution < 1.29 is 4.79 Å². The van der Waals surface area contributed by atoms with Gasteiger partial charge in [0.15, 0.2) is 5.78 Å². The van der Waals surface area contributed by atoms with Crippen LogP contribution in [-0.4, -0.2) is 21.7 Å². The summed E-state index contributed by atoms with van der Waals surface area (Å²) < 4.78 is 0. The van der Waals surface area contributed by atoms with Gasteiger partial charge in [-0.3, -0.25) is 9.89 Å². The quantitative estimate of drug-likeness (QED) is 0.826. The number of benzene rings is 1. The summed E-state index contributed by atoms with van der Waals surface area (Å²) in [7, 11) is 0. The molecule has 1 N–H and O–H groups in total. The normalized spacial score (nSPS) is 14.4. The van der Waals surface area contributed by atoms with Gasteiger partial charge in [-0.05, 0) is 42.4 Å². The summed E-state index contributed by atoms with van der Waals surface area (Å²) in [5, 5.41) is 6.47. The number of fused-ring (bicyclic) bond motifs is 1. The second-order valence-corrected chi connectivity index (χ2v) is 5.23. The molecule has 0 bridgehead atoms. The van der Waals surface area contributed by atoms with E-state index in [2.05, 4.69) is 16.3 Å². The molecule has 4 heteroatoms. The van der Waals surface area contributed by atoms with Crippen LogP contribution in [0.5, 0.6) is 0 Å². The molecule has 1 aliphatic rings. The highest BCUT2D eigenvalue weighted by Gasteiger charge is 2.14. The number of carbonyl (C=O) groups is 1. The lowest BCUT2D eigenvalue weighted by Gasteiger charge is -2.15. The van der Waals surface area contributed by atoms with Crippen LogP contribution in [0.25, 0.3) is 0 Å². The molecule has 1 aliphatic heterocycles. The number of carbonyl (C=O) groups excluding carboxylic acids is 1. The van der Waals surface area contributed by atoms with E-state index in [1.807, 2.05) is 23.9 Å². The maximum Gasteiger partial charge on any atom is 0.196 e. The van der Waals surface area contributed by atoms with Crippen LogP contribution in [0, 0.1) is 0 Å². The summed E-state index contributed by atoms with van der Waals surface area (Å²) in [6, 6.07) is 6.00. The van der Waals surface area contributed by atoms with E-state index in [-0.39, 0.29) is 5.78 Å². The molecular formula is C13H12N2OS. The number of ketones is 1. The highest BCUT2D eigenvalue weighted by Crippen LogP contribution is 2.30. The molecular weight excluding hydrogens is 232 g/mol. The van der Waals surface area contributed by atoms with Crippen molar-refractivity contribution in [3.8, 4) is 0 Å². The Hall–Kier alpha value is -1.55. The molecule has 86 valence electrons. The highest BCUT2D eigenvalue weighted by molar-refractivity contribution is 7.99. The number of hydrogen-bond acceptors (Lipinski definition) is 3. The van der Waals surface area contributed by atoms with E-state index in [9.17, 15) is 4.79 Å². The Morgan fingerprint density at radius 1 is 1.35 bits per heavy atom. The van der Waals surface area contributed by atoms with Crippen LogP contribution in [-0.2, 0) is 6.42 Å². The molecule has 1 aromatic carbocycles. The van der Waals surface area contributed by atoms with Crippen LogP contribution in [0.3, 0.4) is 0 Å². The van der Waals surface area contributed by atoms with Crippen LogP contribution >= 0.6 is 11.8 Å². The Balaban J connectivity index is 1.96. The lowest BCUT2D eigenvalue weighted by Crippen LogP contribution is -2.04. The first kappa shape index (κ1) is 10.6. The largest absolute Gasteiger partial charge is 0.288 e. The number of H-pyrrole nitrogens is 1. The van der Waals surface area contributed by atoms with Gasteiger partial charge in [-0.1, -0.05) is 0 Å². The Kier molecular flexibility index (Phi) is 2.73. The van der Waals surface area contributed by atoms with Crippen LogP contribution in [0.2, 0.25) is 0 Å². The number of hydrogen-bond donors (Lipinski definition) is 1. The molecule has 0 saturated carbocycles. The Labute approximate surface area is 104 Å². The Bertz CT molecular complexity index is 549. The van der Waals surface area contributed by atoms with Crippen LogP contribution in [0.4, 0.5) is 0 Å². The smallest absolute Gasteiger partial charge is 0.196 e. The van der Waals surface area contributed by atoms with E-state index < -0.39 is 0 Å². The van der Waals surface area contributed by atoms with Crippen molar-refractivity contribution in [3.05, 3.63) is 47.3 Å². The zero-order valence-electron chi connectivity index (χ0n) is 9.27. The molecule has 3 nitrogen and oxygen atoms in total. The molecule has 0 atom stereocenters. The van der Waals surface area contributed by atoms with Gasteiger partial charge in [0.2, 0.25) is 0 Å². The molecule has 1 aromatic heterocycles. The number of nitrogens with zero attached hydrogens (tertiary/aromatic N) is 1. The van der Waals surface area contributed by atoms with Gasteiger partial charge in [-0.15, -0.1) is 11.8 Å². The van der Waals surface area contributed by atoms with Crippen molar-refractivity contribution in [1.82, 2.24) is 10.2 Å². The third-order valence-electron chi connectivity index (χ3n) is 2.93. The minimum atomic E-state index is 0.0390. The highest BCUT2D eigenvalue weighted by atomic mass is 32.2. The number of thioether (sulfide) groups is 1. The fraction of sp³-hybridized carbons (Fsp3) is 0.231. The van der Waals surface area contributed by atoms with E-state index >= 15 is 0 Å². The third kappa shape index (κ3) is 2.00. The van der Waals surface area contributed by atoms with Gasteiger partial charge in [0.25, 0.3) is 0 Å². The summed E-state index contributed by atoms with van der Waals surface area (Å²) in [6.07, 6.45) is 5.48. The summed E-state index contributed by atoms with van der Waals surface area (Å²) in [4.78, 5) is 13.4. The van der Waals surface area contributed by atoms with E-state index in [0.717, 1.165) is 12.0 Å². The summed E-state index contributed by atoms with van der Waals surface area (Å²) in [5.74, 6) is 1.22. The molecule has 2 aromatic rings. The van der Waals surface area contributed by atoms with Crippen molar-refractivity contribution in [2.45, 2.75) is 17.7 Å². The van der Waals surface area contributed by atoms with Gasteiger partial charge in [0.05, 0.1) is 11.8 Å². The molecule has 0 aliphatic carbocycles. The topological polar surface area (TPSA) is 45.8 Å². The number of nitrogens with one attached hydrogen (secondary N) is 1. The Morgan fingerprint density at radius 2 is 2.29 bits per heavy atom. The zero-order chi connectivity index (χ0) is 11.7. The second-order valence-electron chi connectivity index (χ2n) is 4.09. The summed E-state index contributed by atoms with van der Waals surface area (Å²) in [5.41, 5.74) is 2.68. The number of aromatic amines is 1. The van der Waals surface area contributed by atoms with E-state index in [1.165, 1.54) is 22.6 Å². The fourth-order valence-electron chi connectivity index (χ4n) is 2.04. The number of aryl methyl sites for hydroxylation is 1. The van der Waals surface area contributed by atoms with Gasteiger partial charge in [0, 0.05) is 16.7 Å². The van der Waals surface area contributed by atoms with Crippen LogP contribution < -0.4 is 0 Å². The SMILES string of the molecule is O=C(c1cn[nH]c1)c1ccc2c(c1)CCCS2. The predicted molar refractivity (Wildman–Crippen MR) is 67.5 cm³/mol. The lowest BCUT2D eigenvalue weighted by atomic mass is 10.0. The van der Waals surface area contributed by atoms with Crippen molar-refractivity contribution in [1.29, 1.82) is 0 Å². The lowest BCUT2D eigenvalue weighted by molar-refractivity contribution is 0.103. The van der Waals surface area contributed by atoms with Crippen molar-refractivity contribution in [2.24, 2.45) is 0 Å². The maximum absolute atomic E-state index is 12.1. The fourth-order valence-corrected chi connectivity index (χ4v) is 3.06. The monoisotopic (exact) mass is 244 g/mol.